The van der Waals surface area contributed by atoms with E-state index in [1.165, 1.54) is 35.6 Å². The topological polar surface area (TPSA) is 84.4 Å². The van der Waals surface area contributed by atoms with Gasteiger partial charge in [-0.2, -0.15) is 0 Å². The van der Waals surface area contributed by atoms with Gasteiger partial charge < -0.3 is 15.0 Å². The highest BCUT2D eigenvalue weighted by molar-refractivity contribution is 7.09. The molecule has 1 fully saturated rings. The zero-order chi connectivity index (χ0) is 24.1. The van der Waals surface area contributed by atoms with Crippen LogP contribution < -0.4 is 10.1 Å². The lowest BCUT2D eigenvalue weighted by molar-refractivity contribution is -0.141. The summed E-state index contributed by atoms with van der Waals surface area (Å²) in [4.78, 5) is 36.3. The summed E-state index contributed by atoms with van der Waals surface area (Å²) in [6.07, 6.45) is 3.25. The molecule has 178 valence electrons. The van der Waals surface area contributed by atoms with Crippen LogP contribution in [0.15, 0.2) is 48.0 Å². The number of ether oxygens (including phenoxy) is 1. The number of hydrogen-bond acceptors (Lipinski definition) is 6. The summed E-state index contributed by atoms with van der Waals surface area (Å²) in [5.74, 6) is -0.510. The Labute approximate surface area is 202 Å². The number of carbonyl (C=O) groups is 2. The summed E-state index contributed by atoms with van der Waals surface area (Å²) < 4.78 is 18.5. The van der Waals surface area contributed by atoms with Crippen molar-refractivity contribution in [1.82, 2.24) is 20.2 Å². The molecule has 7 nitrogen and oxygen atoms in total. The second-order valence-electron chi connectivity index (χ2n) is 8.35. The van der Waals surface area contributed by atoms with Crippen LogP contribution >= 0.6 is 11.3 Å². The number of halogens is 1. The molecule has 0 aliphatic carbocycles. The summed E-state index contributed by atoms with van der Waals surface area (Å²) in [5.41, 5.74) is 2.73. The highest BCUT2D eigenvalue weighted by Gasteiger charge is 2.35. The van der Waals surface area contributed by atoms with Crippen molar-refractivity contribution in [2.45, 2.75) is 39.3 Å². The molecular weight excluding hydrogens is 455 g/mol. The predicted molar refractivity (Wildman–Crippen MR) is 128 cm³/mol. The van der Waals surface area contributed by atoms with Crippen molar-refractivity contribution in [3.8, 4) is 17.0 Å². The maximum Gasteiger partial charge on any atom is 0.260 e. The fraction of sp³-hybridized carbons (Fsp3) is 0.360. The monoisotopic (exact) mass is 482 g/mol. The molecular formula is C25H27FN4O3S. The van der Waals surface area contributed by atoms with Crippen LogP contribution in [0.1, 0.15) is 30.5 Å². The minimum absolute atomic E-state index is 0.0850. The quantitative estimate of drug-likeness (QED) is 0.551. The molecule has 1 N–H and O–H groups in total. The standard InChI is InChI=1S/C25H27FN4O3S/c1-16-5-6-18(12-27-16)22-15-34-23(29-22)13-28-25(32)21-4-3-11-30(17(21)2)24(31)14-33-20-9-7-19(26)8-10-20/h5-10,12,15,17,21H,3-4,11,13-14H2,1-2H3,(H,28,32)/t17-,21-/m0/s1. The fourth-order valence-corrected chi connectivity index (χ4v) is 4.79. The number of pyridine rings is 1. The molecule has 4 rings (SSSR count). The van der Waals surface area contributed by atoms with E-state index in [9.17, 15) is 14.0 Å². The van der Waals surface area contributed by atoms with Crippen molar-refractivity contribution >= 4 is 23.2 Å². The third kappa shape index (κ3) is 5.77. The van der Waals surface area contributed by atoms with E-state index in [0.717, 1.165) is 28.4 Å². The number of thiazole rings is 1. The van der Waals surface area contributed by atoms with Gasteiger partial charge in [-0.15, -0.1) is 11.3 Å². The Morgan fingerprint density at radius 2 is 2.03 bits per heavy atom. The first-order valence-electron chi connectivity index (χ1n) is 11.2. The number of aromatic nitrogens is 2. The molecule has 1 saturated heterocycles. The first-order chi connectivity index (χ1) is 16.4. The van der Waals surface area contributed by atoms with Gasteiger partial charge in [0.1, 0.15) is 16.6 Å². The molecule has 9 heteroatoms. The van der Waals surface area contributed by atoms with Gasteiger partial charge in [0.2, 0.25) is 5.91 Å². The predicted octanol–water partition coefficient (Wildman–Crippen LogP) is 3.97. The number of aryl methyl sites for hydroxylation is 1. The number of nitrogens with zero attached hydrogens (tertiary/aromatic N) is 3. The molecule has 3 aromatic rings. The van der Waals surface area contributed by atoms with Crippen molar-refractivity contribution < 1.29 is 18.7 Å². The average Bonchev–Trinajstić information content (AvgIpc) is 3.31. The van der Waals surface area contributed by atoms with Gasteiger partial charge in [0.25, 0.3) is 5.91 Å². The Morgan fingerprint density at radius 1 is 1.24 bits per heavy atom. The zero-order valence-electron chi connectivity index (χ0n) is 19.2. The molecule has 2 aromatic heterocycles. The number of benzene rings is 1. The third-order valence-electron chi connectivity index (χ3n) is 5.99. The van der Waals surface area contributed by atoms with Crippen molar-refractivity contribution in [3.63, 3.8) is 0 Å². The fourth-order valence-electron chi connectivity index (χ4n) is 4.04. The number of hydrogen-bond donors (Lipinski definition) is 1. The van der Waals surface area contributed by atoms with E-state index >= 15 is 0 Å². The summed E-state index contributed by atoms with van der Waals surface area (Å²) >= 11 is 1.49. The van der Waals surface area contributed by atoms with Crippen LogP contribution in [0.5, 0.6) is 5.75 Å². The Morgan fingerprint density at radius 3 is 2.76 bits per heavy atom. The van der Waals surface area contributed by atoms with Crippen LogP contribution in [0.4, 0.5) is 4.39 Å². The van der Waals surface area contributed by atoms with Gasteiger partial charge in [-0.3, -0.25) is 14.6 Å². The van der Waals surface area contributed by atoms with Crippen LogP contribution in [0.3, 0.4) is 0 Å². The molecule has 0 saturated carbocycles. The van der Waals surface area contributed by atoms with E-state index in [1.54, 1.807) is 11.1 Å². The molecule has 1 aliphatic rings. The van der Waals surface area contributed by atoms with Gasteiger partial charge in [-0.1, -0.05) is 0 Å². The maximum atomic E-state index is 13.0. The average molecular weight is 483 g/mol. The van der Waals surface area contributed by atoms with Gasteiger partial charge in [-0.05, 0) is 63.1 Å². The lowest BCUT2D eigenvalue weighted by Crippen LogP contribution is -2.52. The van der Waals surface area contributed by atoms with E-state index in [4.69, 9.17) is 4.74 Å². The Balaban J connectivity index is 1.30. The molecule has 1 aromatic carbocycles. The largest absolute Gasteiger partial charge is 0.484 e. The third-order valence-corrected chi connectivity index (χ3v) is 6.84. The normalized spacial score (nSPS) is 17.9. The number of nitrogens with one attached hydrogen (secondary N) is 1. The smallest absolute Gasteiger partial charge is 0.260 e. The Bertz CT molecular complexity index is 1130. The van der Waals surface area contributed by atoms with Gasteiger partial charge >= 0.3 is 0 Å². The van der Waals surface area contributed by atoms with Crippen LogP contribution in [-0.2, 0) is 16.1 Å². The molecule has 0 unspecified atom stereocenters. The summed E-state index contributed by atoms with van der Waals surface area (Å²) in [6.45, 7) is 4.60. The van der Waals surface area contributed by atoms with Crippen molar-refractivity contribution in [3.05, 3.63) is 64.5 Å². The molecule has 1 aliphatic heterocycles. The second kappa shape index (κ2) is 10.7. The molecule has 0 spiro atoms. The highest BCUT2D eigenvalue weighted by atomic mass is 32.1. The molecule has 0 bridgehead atoms. The van der Waals surface area contributed by atoms with Crippen LogP contribution in [0.25, 0.3) is 11.3 Å². The van der Waals surface area contributed by atoms with Crippen molar-refractivity contribution in [2.24, 2.45) is 5.92 Å². The van der Waals surface area contributed by atoms with E-state index in [-0.39, 0.29) is 36.2 Å². The molecule has 3 heterocycles. The van der Waals surface area contributed by atoms with Crippen LogP contribution in [0, 0.1) is 18.7 Å². The number of carbonyl (C=O) groups excluding carboxylic acids is 2. The van der Waals surface area contributed by atoms with Crippen LogP contribution in [0.2, 0.25) is 0 Å². The van der Waals surface area contributed by atoms with Gasteiger partial charge in [0, 0.05) is 35.4 Å². The number of rotatable bonds is 7. The van der Waals surface area contributed by atoms with Crippen LogP contribution in [-0.4, -0.2) is 45.9 Å². The number of piperidine rings is 1. The van der Waals surface area contributed by atoms with Gasteiger partial charge in [0.05, 0.1) is 18.2 Å². The summed E-state index contributed by atoms with van der Waals surface area (Å²) in [5, 5.41) is 5.75. The van der Waals surface area contributed by atoms with Crippen molar-refractivity contribution in [2.75, 3.05) is 13.2 Å². The first-order valence-corrected chi connectivity index (χ1v) is 12.1. The summed E-state index contributed by atoms with van der Waals surface area (Å²) in [6, 6.07) is 9.21. The minimum Gasteiger partial charge on any atom is -0.484 e. The minimum atomic E-state index is -0.363. The maximum absolute atomic E-state index is 13.0. The summed E-state index contributed by atoms with van der Waals surface area (Å²) in [7, 11) is 0. The number of likely N-dealkylation sites (tertiary alicyclic amines) is 1. The van der Waals surface area contributed by atoms with Crippen molar-refractivity contribution in [1.29, 1.82) is 0 Å². The van der Waals surface area contributed by atoms with Gasteiger partial charge in [0.15, 0.2) is 6.61 Å². The zero-order valence-corrected chi connectivity index (χ0v) is 20.0. The SMILES string of the molecule is Cc1ccc(-c2csc(CNC(=O)[C@H]3CCCN(C(=O)COc4ccc(F)cc4)[C@H]3C)n2)cn1. The molecule has 0 radical (unpaired) electrons. The first kappa shape index (κ1) is 23.8. The molecule has 2 amide bonds. The Kier molecular flexibility index (Phi) is 7.52. The van der Waals surface area contributed by atoms with Gasteiger partial charge in [-0.25, -0.2) is 9.37 Å². The lowest BCUT2D eigenvalue weighted by atomic mass is 9.89. The van der Waals surface area contributed by atoms with E-state index in [1.807, 2.05) is 31.4 Å². The van der Waals surface area contributed by atoms with E-state index in [0.29, 0.717) is 25.3 Å². The number of amides is 2. The van der Waals surface area contributed by atoms with E-state index < -0.39 is 0 Å². The highest BCUT2D eigenvalue weighted by Crippen LogP contribution is 2.25. The Hall–Kier alpha value is -3.33. The van der Waals surface area contributed by atoms with E-state index in [2.05, 4.69) is 15.3 Å². The lowest BCUT2D eigenvalue weighted by Gasteiger charge is -2.38. The molecule has 2 atom stereocenters. The second-order valence-corrected chi connectivity index (χ2v) is 9.29. The molecule has 34 heavy (non-hydrogen) atoms.